The molecule has 0 unspecified atom stereocenters. The number of halogens is 1. The van der Waals surface area contributed by atoms with Gasteiger partial charge in [-0.15, -0.1) is 0 Å². The van der Waals surface area contributed by atoms with Crippen molar-refractivity contribution in [2.75, 3.05) is 0 Å². The number of carbonyl (C=O) groups excluding carboxylic acids is 2. The van der Waals surface area contributed by atoms with Crippen LogP contribution in [-0.4, -0.2) is 11.6 Å². The molecule has 0 heterocycles. The van der Waals surface area contributed by atoms with E-state index >= 15 is 0 Å². The van der Waals surface area contributed by atoms with E-state index in [-0.39, 0.29) is 0 Å². The number of allylic oxidation sites excluding steroid dienone is 1. The zero-order valence-corrected chi connectivity index (χ0v) is 7.34. The molecular formula is C10H5ClO2. The van der Waals surface area contributed by atoms with Gasteiger partial charge in [-0.1, -0.05) is 35.9 Å². The SMILES string of the molecule is O=C1C=C(Cl)c2ccccc2C1=O. The van der Waals surface area contributed by atoms with Gasteiger partial charge in [0.05, 0.1) is 5.03 Å². The summed E-state index contributed by atoms with van der Waals surface area (Å²) in [6, 6.07) is 6.81. The molecule has 0 spiro atoms. The largest absolute Gasteiger partial charge is 0.285 e. The highest BCUT2D eigenvalue weighted by atomic mass is 35.5. The number of carbonyl (C=O) groups is 2. The molecule has 1 aromatic rings. The highest BCUT2D eigenvalue weighted by Gasteiger charge is 2.23. The van der Waals surface area contributed by atoms with Crippen molar-refractivity contribution in [3.05, 3.63) is 41.5 Å². The molecule has 1 aromatic carbocycles. The fourth-order valence-electron chi connectivity index (χ4n) is 1.28. The summed E-state index contributed by atoms with van der Waals surface area (Å²) in [5, 5.41) is 0.334. The standard InChI is InChI=1S/C10H5ClO2/c11-8-5-9(12)10(13)7-4-2-1-3-6(7)8/h1-5H. The van der Waals surface area contributed by atoms with Crippen LogP contribution in [0.4, 0.5) is 0 Å². The molecule has 2 rings (SSSR count). The van der Waals surface area contributed by atoms with Crippen molar-refractivity contribution < 1.29 is 9.59 Å². The minimum atomic E-state index is -0.552. The number of ketones is 2. The Morgan fingerprint density at radius 2 is 1.62 bits per heavy atom. The molecule has 0 radical (unpaired) electrons. The molecule has 64 valence electrons. The number of benzene rings is 1. The second-order valence-electron chi connectivity index (χ2n) is 2.73. The number of fused-ring (bicyclic) bond motifs is 1. The van der Waals surface area contributed by atoms with Crippen molar-refractivity contribution in [2.24, 2.45) is 0 Å². The summed E-state index contributed by atoms with van der Waals surface area (Å²) in [6.07, 6.45) is 1.16. The third-order valence-corrected chi connectivity index (χ3v) is 2.22. The van der Waals surface area contributed by atoms with E-state index in [2.05, 4.69) is 0 Å². The van der Waals surface area contributed by atoms with Crippen LogP contribution in [0, 0.1) is 0 Å². The fourth-order valence-corrected chi connectivity index (χ4v) is 1.54. The first-order valence-corrected chi connectivity index (χ1v) is 4.13. The smallest absolute Gasteiger partial charge is 0.233 e. The molecule has 1 aliphatic carbocycles. The first-order chi connectivity index (χ1) is 6.20. The van der Waals surface area contributed by atoms with Crippen LogP contribution in [-0.2, 0) is 4.79 Å². The van der Waals surface area contributed by atoms with E-state index in [9.17, 15) is 9.59 Å². The topological polar surface area (TPSA) is 34.1 Å². The van der Waals surface area contributed by atoms with Crippen molar-refractivity contribution in [2.45, 2.75) is 0 Å². The first kappa shape index (κ1) is 8.20. The molecule has 0 N–H and O–H groups in total. The molecule has 13 heavy (non-hydrogen) atoms. The number of hydrogen-bond donors (Lipinski definition) is 0. The second kappa shape index (κ2) is 2.82. The van der Waals surface area contributed by atoms with Gasteiger partial charge in [0, 0.05) is 17.2 Å². The predicted octanol–water partition coefficient (Wildman–Crippen LogP) is 2.03. The number of rotatable bonds is 0. The molecule has 0 amide bonds. The molecule has 0 atom stereocenters. The second-order valence-corrected chi connectivity index (χ2v) is 3.14. The van der Waals surface area contributed by atoms with Crippen molar-refractivity contribution in [1.82, 2.24) is 0 Å². The average molecular weight is 193 g/mol. The summed E-state index contributed by atoms with van der Waals surface area (Å²) in [6.45, 7) is 0. The van der Waals surface area contributed by atoms with Gasteiger partial charge in [0.25, 0.3) is 0 Å². The van der Waals surface area contributed by atoms with Gasteiger partial charge in [0.15, 0.2) is 0 Å². The van der Waals surface area contributed by atoms with E-state index in [0.717, 1.165) is 6.08 Å². The van der Waals surface area contributed by atoms with Gasteiger partial charge in [0.2, 0.25) is 11.6 Å². The summed E-state index contributed by atoms with van der Waals surface area (Å²) in [5.74, 6) is -1.04. The maximum absolute atomic E-state index is 11.3. The number of Topliss-reactive ketones (excluding diaryl/α,β-unsaturated/α-hetero) is 1. The van der Waals surface area contributed by atoms with Gasteiger partial charge >= 0.3 is 0 Å². The lowest BCUT2D eigenvalue weighted by Crippen LogP contribution is -2.17. The Bertz CT molecular complexity index is 432. The van der Waals surface area contributed by atoms with Crippen LogP contribution in [0.5, 0.6) is 0 Å². The molecular weight excluding hydrogens is 188 g/mol. The lowest BCUT2D eigenvalue weighted by atomic mass is 9.95. The summed E-state index contributed by atoms with van der Waals surface area (Å²) in [5.41, 5.74) is 1.02. The highest BCUT2D eigenvalue weighted by molar-refractivity contribution is 6.59. The molecule has 1 aliphatic rings. The van der Waals surface area contributed by atoms with E-state index in [1.165, 1.54) is 0 Å². The van der Waals surface area contributed by atoms with Gasteiger partial charge in [-0.2, -0.15) is 0 Å². The van der Waals surface area contributed by atoms with Crippen LogP contribution in [0.2, 0.25) is 0 Å². The van der Waals surface area contributed by atoms with Crippen molar-refractivity contribution in [3.8, 4) is 0 Å². The van der Waals surface area contributed by atoms with Gasteiger partial charge in [0.1, 0.15) is 0 Å². The lowest BCUT2D eigenvalue weighted by molar-refractivity contribution is -0.110. The third-order valence-electron chi connectivity index (χ3n) is 1.91. The Morgan fingerprint density at radius 1 is 1.00 bits per heavy atom. The van der Waals surface area contributed by atoms with Crippen LogP contribution < -0.4 is 0 Å². The zero-order valence-electron chi connectivity index (χ0n) is 6.58. The van der Waals surface area contributed by atoms with Gasteiger partial charge in [-0.3, -0.25) is 9.59 Å². The fraction of sp³-hybridized carbons (Fsp3) is 0. The maximum atomic E-state index is 11.3. The summed E-state index contributed by atoms with van der Waals surface area (Å²) in [4.78, 5) is 22.4. The predicted molar refractivity (Wildman–Crippen MR) is 49.6 cm³/mol. The van der Waals surface area contributed by atoms with E-state index in [1.807, 2.05) is 0 Å². The first-order valence-electron chi connectivity index (χ1n) is 3.75. The van der Waals surface area contributed by atoms with E-state index < -0.39 is 11.6 Å². The van der Waals surface area contributed by atoms with Crippen molar-refractivity contribution in [3.63, 3.8) is 0 Å². The molecule has 0 aromatic heterocycles. The van der Waals surface area contributed by atoms with Crippen LogP contribution in [0.3, 0.4) is 0 Å². The van der Waals surface area contributed by atoms with Gasteiger partial charge < -0.3 is 0 Å². The zero-order chi connectivity index (χ0) is 9.42. The molecule has 0 fully saturated rings. The highest BCUT2D eigenvalue weighted by Crippen LogP contribution is 2.27. The summed E-state index contributed by atoms with van der Waals surface area (Å²) >= 11 is 5.80. The van der Waals surface area contributed by atoms with Crippen LogP contribution >= 0.6 is 11.6 Å². The Balaban J connectivity index is 2.72. The maximum Gasteiger partial charge on any atom is 0.233 e. The van der Waals surface area contributed by atoms with Crippen LogP contribution in [0.25, 0.3) is 5.03 Å². The normalized spacial score (nSPS) is 15.3. The van der Waals surface area contributed by atoms with E-state index in [0.29, 0.717) is 16.2 Å². The Kier molecular flexibility index (Phi) is 1.78. The van der Waals surface area contributed by atoms with Gasteiger partial charge in [-0.25, -0.2) is 0 Å². The Labute approximate surface area is 79.8 Å². The van der Waals surface area contributed by atoms with Crippen LogP contribution in [0.15, 0.2) is 30.3 Å². The Morgan fingerprint density at radius 3 is 2.31 bits per heavy atom. The molecule has 0 saturated heterocycles. The van der Waals surface area contributed by atoms with E-state index in [4.69, 9.17) is 11.6 Å². The van der Waals surface area contributed by atoms with Crippen LogP contribution in [0.1, 0.15) is 15.9 Å². The monoisotopic (exact) mass is 192 g/mol. The molecule has 2 nitrogen and oxygen atoms in total. The Hall–Kier alpha value is -1.41. The quantitative estimate of drug-likeness (QED) is 0.590. The molecule has 0 bridgehead atoms. The third kappa shape index (κ3) is 1.19. The summed E-state index contributed by atoms with van der Waals surface area (Å²) in [7, 11) is 0. The minimum Gasteiger partial charge on any atom is -0.285 e. The molecule has 0 aliphatic heterocycles. The van der Waals surface area contributed by atoms with Crippen molar-refractivity contribution >= 4 is 28.2 Å². The molecule has 3 heteroatoms. The lowest BCUT2D eigenvalue weighted by Gasteiger charge is -2.10. The van der Waals surface area contributed by atoms with Gasteiger partial charge in [-0.05, 0) is 0 Å². The van der Waals surface area contributed by atoms with Crippen molar-refractivity contribution in [1.29, 1.82) is 0 Å². The molecule has 0 saturated carbocycles. The minimum absolute atomic E-state index is 0.334. The average Bonchev–Trinajstić information content (AvgIpc) is 2.15. The summed E-state index contributed by atoms with van der Waals surface area (Å²) < 4.78 is 0. The number of hydrogen-bond acceptors (Lipinski definition) is 2. The van der Waals surface area contributed by atoms with E-state index in [1.54, 1.807) is 24.3 Å².